The molecule has 1 amide bonds. The molecular weight excluding hydrogens is 266 g/mol. The minimum Gasteiger partial charge on any atom is -0.352 e. The van der Waals surface area contributed by atoms with Crippen molar-refractivity contribution in [2.75, 3.05) is 0 Å². The van der Waals surface area contributed by atoms with Gasteiger partial charge in [0.25, 0.3) is 0 Å². The van der Waals surface area contributed by atoms with E-state index in [0.717, 1.165) is 11.5 Å². The summed E-state index contributed by atoms with van der Waals surface area (Å²) in [6.07, 6.45) is 1.72. The first-order chi connectivity index (χ1) is 8.74. The maximum atomic E-state index is 12.0. The Morgan fingerprint density at radius 3 is 2.78 bits per heavy atom. The Kier molecular flexibility index (Phi) is 3.35. The number of amides is 1. The van der Waals surface area contributed by atoms with E-state index in [9.17, 15) is 4.79 Å². The summed E-state index contributed by atoms with van der Waals surface area (Å²) in [5, 5.41) is 5.74. The third-order valence-corrected chi connectivity index (χ3v) is 4.90. The molecule has 3 unspecified atom stereocenters. The van der Waals surface area contributed by atoms with Crippen LogP contribution < -0.4 is 5.32 Å². The topological polar surface area (TPSA) is 29.1 Å². The van der Waals surface area contributed by atoms with Crippen LogP contribution >= 0.6 is 23.4 Å². The number of carbonyl (C=O) groups is 1. The molecule has 3 atom stereocenters. The van der Waals surface area contributed by atoms with E-state index in [-0.39, 0.29) is 11.2 Å². The smallest absolute Gasteiger partial charge is 0.234 e. The summed E-state index contributed by atoms with van der Waals surface area (Å²) in [6.45, 7) is 0. The Morgan fingerprint density at radius 1 is 1.33 bits per heavy atom. The van der Waals surface area contributed by atoms with E-state index < -0.39 is 0 Å². The highest BCUT2D eigenvalue weighted by Gasteiger charge is 2.40. The Balaban J connectivity index is 1.53. The summed E-state index contributed by atoms with van der Waals surface area (Å²) in [4.78, 5) is 12.0. The van der Waals surface area contributed by atoms with Crippen LogP contribution in [0.2, 0.25) is 0 Å². The lowest BCUT2D eigenvalue weighted by Crippen LogP contribution is -2.33. The van der Waals surface area contributed by atoms with Gasteiger partial charge in [0.2, 0.25) is 5.91 Å². The van der Waals surface area contributed by atoms with Crippen molar-refractivity contribution in [3.63, 3.8) is 0 Å². The molecule has 1 fully saturated rings. The van der Waals surface area contributed by atoms with Gasteiger partial charge in [0.15, 0.2) is 0 Å². The molecule has 1 aromatic carbocycles. The number of benzene rings is 1. The first-order valence-electron chi connectivity index (χ1n) is 6.09. The maximum absolute atomic E-state index is 12.0. The van der Waals surface area contributed by atoms with E-state index in [1.54, 1.807) is 0 Å². The fourth-order valence-corrected chi connectivity index (χ4v) is 3.56. The summed E-state index contributed by atoms with van der Waals surface area (Å²) in [5.41, 5.74) is 1.32. The van der Waals surface area contributed by atoms with Gasteiger partial charge in [0.05, 0.1) is 5.25 Å². The summed E-state index contributed by atoms with van der Waals surface area (Å²) >= 11 is 7.41. The van der Waals surface area contributed by atoms with Crippen molar-refractivity contribution >= 4 is 29.3 Å². The van der Waals surface area contributed by atoms with Crippen LogP contribution in [0.1, 0.15) is 24.3 Å². The van der Waals surface area contributed by atoms with Gasteiger partial charge in [0.1, 0.15) is 0 Å². The van der Waals surface area contributed by atoms with Gasteiger partial charge >= 0.3 is 0 Å². The summed E-state index contributed by atoms with van der Waals surface area (Å²) < 4.78 is 0. The Hall–Kier alpha value is -0.930. The van der Waals surface area contributed by atoms with Gasteiger partial charge in [-0.1, -0.05) is 41.9 Å². The molecule has 1 aliphatic carbocycles. The number of rotatable bonds is 3. The van der Waals surface area contributed by atoms with E-state index in [1.165, 1.54) is 17.3 Å². The molecule has 0 saturated heterocycles. The molecule has 1 saturated carbocycles. The molecule has 4 heteroatoms. The van der Waals surface area contributed by atoms with Crippen LogP contribution in [-0.4, -0.2) is 17.2 Å². The number of halogens is 1. The van der Waals surface area contributed by atoms with Gasteiger partial charge in [0, 0.05) is 23.4 Å². The molecule has 0 spiro atoms. The molecule has 2 nitrogen and oxygen atoms in total. The van der Waals surface area contributed by atoms with Crippen LogP contribution in [0.25, 0.3) is 0 Å². The van der Waals surface area contributed by atoms with Crippen LogP contribution in [0.4, 0.5) is 0 Å². The Labute approximate surface area is 116 Å². The van der Waals surface area contributed by atoms with E-state index in [4.69, 9.17) is 11.6 Å². The highest BCUT2D eigenvalue weighted by Crippen LogP contribution is 2.41. The fraction of sp³-hybridized carbons (Fsp3) is 0.357. The zero-order chi connectivity index (χ0) is 12.5. The molecule has 1 N–H and O–H groups in total. The van der Waals surface area contributed by atoms with Crippen molar-refractivity contribution in [2.45, 2.75) is 30.1 Å². The van der Waals surface area contributed by atoms with Crippen LogP contribution in [0.15, 0.2) is 40.8 Å². The predicted octanol–water partition coefficient (Wildman–Crippen LogP) is 3.24. The molecule has 0 aromatic heterocycles. The number of allylic oxidation sites excluding steroid dienone is 1. The lowest BCUT2D eigenvalue weighted by molar-refractivity contribution is -0.120. The molecule has 94 valence electrons. The second-order valence-corrected chi connectivity index (χ2v) is 6.32. The number of carbonyl (C=O) groups excluding carboxylic acids is 1. The van der Waals surface area contributed by atoms with Crippen LogP contribution in [0, 0.1) is 0 Å². The molecule has 1 heterocycles. The van der Waals surface area contributed by atoms with Crippen molar-refractivity contribution in [1.82, 2.24) is 5.32 Å². The number of hydrogen-bond donors (Lipinski definition) is 1. The quantitative estimate of drug-likeness (QED) is 0.920. The van der Waals surface area contributed by atoms with Gasteiger partial charge in [-0.05, 0) is 17.4 Å². The van der Waals surface area contributed by atoms with Crippen molar-refractivity contribution in [3.8, 4) is 0 Å². The molecule has 3 rings (SSSR count). The second-order valence-electron chi connectivity index (χ2n) is 4.76. The molecule has 2 aliphatic rings. The number of nitrogens with one attached hydrogen (secondary N) is 1. The summed E-state index contributed by atoms with van der Waals surface area (Å²) in [5.74, 6) is 0.611. The summed E-state index contributed by atoms with van der Waals surface area (Å²) in [7, 11) is 0. The molecule has 1 aliphatic heterocycles. The predicted molar refractivity (Wildman–Crippen MR) is 75.7 cm³/mol. The number of thioether (sulfide) groups is 1. The van der Waals surface area contributed by atoms with Gasteiger partial charge in [-0.25, -0.2) is 0 Å². The minimum atomic E-state index is -0.0328. The first kappa shape index (κ1) is 12.1. The van der Waals surface area contributed by atoms with Crippen molar-refractivity contribution in [3.05, 3.63) is 46.3 Å². The highest BCUT2D eigenvalue weighted by molar-refractivity contribution is 8.03. The van der Waals surface area contributed by atoms with Crippen LogP contribution in [0.3, 0.4) is 0 Å². The van der Waals surface area contributed by atoms with Crippen molar-refractivity contribution in [2.24, 2.45) is 0 Å². The lowest BCUT2D eigenvalue weighted by Gasteiger charge is -2.09. The summed E-state index contributed by atoms with van der Waals surface area (Å²) in [6, 6.07) is 10.7. The minimum absolute atomic E-state index is 0.0328. The monoisotopic (exact) mass is 279 g/mol. The van der Waals surface area contributed by atoms with Gasteiger partial charge < -0.3 is 5.32 Å². The maximum Gasteiger partial charge on any atom is 0.234 e. The Bertz CT molecular complexity index is 488. The molecule has 0 bridgehead atoms. The highest BCUT2D eigenvalue weighted by atomic mass is 35.5. The van der Waals surface area contributed by atoms with Gasteiger partial charge in [-0.3, -0.25) is 4.79 Å². The van der Waals surface area contributed by atoms with E-state index in [1.807, 2.05) is 23.6 Å². The molecule has 18 heavy (non-hydrogen) atoms. The van der Waals surface area contributed by atoms with Crippen molar-refractivity contribution < 1.29 is 4.79 Å². The third kappa shape index (κ3) is 2.57. The van der Waals surface area contributed by atoms with Crippen LogP contribution in [-0.2, 0) is 4.79 Å². The second kappa shape index (κ2) is 4.98. The lowest BCUT2D eigenvalue weighted by atomic mass is 10.1. The SMILES string of the molecule is O=C(NC1CC1c1ccccc1)C1CC(Cl)=CS1. The zero-order valence-electron chi connectivity index (χ0n) is 9.80. The third-order valence-electron chi connectivity index (χ3n) is 3.38. The normalized spacial score (nSPS) is 29.8. The van der Waals surface area contributed by atoms with Crippen molar-refractivity contribution in [1.29, 1.82) is 0 Å². The van der Waals surface area contributed by atoms with Crippen LogP contribution in [0.5, 0.6) is 0 Å². The molecular formula is C14H14ClNOS. The van der Waals surface area contributed by atoms with E-state index >= 15 is 0 Å². The van der Waals surface area contributed by atoms with Gasteiger partial charge in [-0.15, -0.1) is 11.8 Å². The fourth-order valence-electron chi connectivity index (χ4n) is 2.28. The largest absolute Gasteiger partial charge is 0.352 e. The van der Waals surface area contributed by atoms with Gasteiger partial charge in [-0.2, -0.15) is 0 Å². The Morgan fingerprint density at radius 2 is 2.11 bits per heavy atom. The molecule has 0 radical (unpaired) electrons. The van der Waals surface area contributed by atoms with E-state index in [0.29, 0.717) is 18.4 Å². The molecule has 1 aromatic rings. The average molecular weight is 280 g/mol. The average Bonchev–Trinajstić information content (AvgIpc) is 3.01. The number of hydrogen-bond acceptors (Lipinski definition) is 2. The van der Waals surface area contributed by atoms with E-state index in [2.05, 4.69) is 17.4 Å². The standard InChI is InChI=1S/C14H14ClNOS/c15-10-6-13(18-8-10)14(17)16-12-7-11(12)9-4-2-1-3-5-9/h1-5,8,11-13H,6-7H2,(H,16,17). The zero-order valence-corrected chi connectivity index (χ0v) is 11.4. The first-order valence-corrected chi connectivity index (χ1v) is 7.41.